The minimum absolute atomic E-state index is 0.0329. The van der Waals surface area contributed by atoms with Gasteiger partial charge >= 0.3 is 0 Å². The van der Waals surface area contributed by atoms with E-state index in [1.54, 1.807) is 0 Å². The first-order valence-electron chi connectivity index (χ1n) is 8.34. The Morgan fingerprint density at radius 1 is 1.27 bits per heavy atom. The van der Waals surface area contributed by atoms with Gasteiger partial charge in [0.05, 0.1) is 16.8 Å². The first kappa shape index (κ1) is 17.7. The predicted molar refractivity (Wildman–Crippen MR) is 98.0 cm³/mol. The van der Waals surface area contributed by atoms with Crippen molar-refractivity contribution in [2.75, 3.05) is 5.32 Å². The topological polar surface area (TPSA) is 84.1 Å². The van der Waals surface area contributed by atoms with Crippen molar-refractivity contribution in [2.24, 2.45) is 0 Å². The van der Waals surface area contributed by atoms with E-state index in [0.29, 0.717) is 6.47 Å². The zero-order valence-electron chi connectivity index (χ0n) is 15.5. The Kier molecular flexibility index (Phi) is 3.91. The lowest BCUT2D eigenvalue weighted by atomic mass is 9.85. The molecule has 6 heteroatoms. The van der Waals surface area contributed by atoms with Crippen molar-refractivity contribution in [3.63, 3.8) is 0 Å². The summed E-state index contributed by atoms with van der Waals surface area (Å²) in [6.45, 7) is 9.77. The van der Waals surface area contributed by atoms with Crippen LogP contribution in [0.1, 0.15) is 45.9 Å². The maximum Gasteiger partial charge on any atom is 0.293 e. The minimum atomic E-state index is -0.497. The molecular formula is C20H21N3O3. The van der Waals surface area contributed by atoms with Gasteiger partial charge in [0.2, 0.25) is 5.91 Å². The smallest absolute Gasteiger partial charge is 0.293 e. The number of aromatic nitrogens is 1. The average molecular weight is 351 g/mol. The molecule has 4 rings (SSSR count). The highest BCUT2D eigenvalue weighted by Gasteiger charge is 2.39. The number of fused-ring (bicyclic) bond motifs is 2. The zero-order valence-corrected chi connectivity index (χ0v) is 15.5. The number of carbonyl (C=O) groups excluding carboxylic acids is 2. The zero-order chi connectivity index (χ0) is 19.3. The fourth-order valence-corrected chi connectivity index (χ4v) is 2.88. The van der Waals surface area contributed by atoms with Crippen molar-refractivity contribution in [1.82, 2.24) is 4.57 Å². The summed E-state index contributed by atoms with van der Waals surface area (Å²) in [5, 5.41) is 11.8. The monoisotopic (exact) mass is 351 g/mol. The number of nitrogens with one attached hydrogen (secondary N) is 1. The summed E-state index contributed by atoms with van der Waals surface area (Å²) in [6, 6.07) is 10.1. The molecule has 26 heavy (non-hydrogen) atoms. The highest BCUT2D eigenvalue weighted by atomic mass is 16.5. The van der Waals surface area contributed by atoms with Crippen LogP contribution in [-0.4, -0.2) is 22.5 Å². The van der Waals surface area contributed by atoms with Crippen LogP contribution in [0.25, 0.3) is 16.9 Å². The molecule has 0 atom stereocenters. The van der Waals surface area contributed by atoms with Gasteiger partial charge in [-0.1, -0.05) is 6.07 Å². The first-order valence-corrected chi connectivity index (χ1v) is 8.34. The second-order valence-electron chi connectivity index (χ2n) is 7.88. The number of carbonyl (C=O) groups is 2. The van der Waals surface area contributed by atoms with Crippen LogP contribution in [0, 0.1) is 11.3 Å². The summed E-state index contributed by atoms with van der Waals surface area (Å²) in [7, 11) is 0. The van der Waals surface area contributed by atoms with Gasteiger partial charge in [0.15, 0.2) is 0 Å². The number of hydrogen-bond acceptors (Lipinski definition) is 4. The van der Waals surface area contributed by atoms with Crippen LogP contribution in [0.2, 0.25) is 0 Å². The Labute approximate surface area is 152 Å². The van der Waals surface area contributed by atoms with Gasteiger partial charge in [-0.15, -0.1) is 0 Å². The summed E-state index contributed by atoms with van der Waals surface area (Å²) >= 11 is 0. The van der Waals surface area contributed by atoms with Crippen molar-refractivity contribution in [3.8, 4) is 23.0 Å². The molecule has 0 saturated carbocycles. The van der Waals surface area contributed by atoms with Gasteiger partial charge in [0.25, 0.3) is 6.47 Å². The third kappa shape index (κ3) is 2.86. The van der Waals surface area contributed by atoms with Crippen LogP contribution in [0.3, 0.4) is 0 Å². The fraction of sp³-hybridized carbons (Fsp3) is 0.350. The average Bonchev–Trinajstić information content (AvgIpc) is 3.02. The van der Waals surface area contributed by atoms with E-state index >= 15 is 0 Å². The van der Waals surface area contributed by atoms with E-state index in [1.165, 1.54) is 0 Å². The number of anilines is 1. The van der Waals surface area contributed by atoms with E-state index in [0.717, 1.165) is 33.9 Å². The number of ether oxygens (including phenoxy) is 1. The second-order valence-corrected chi connectivity index (χ2v) is 7.88. The number of amides is 1. The summed E-state index contributed by atoms with van der Waals surface area (Å²) < 4.78 is 6.49. The van der Waals surface area contributed by atoms with E-state index in [9.17, 15) is 9.59 Å². The molecule has 1 amide bonds. The normalized spacial score (nSPS) is 15.2. The molecule has 3 aliphatic heterocycles. The van der Waals surface area contributed by atoms with Crippen molar-refractivity contribution in [3.05, 3.63) is 35.5 Å². The molecule has 134 valence electrons. The summed E-state index contributed by atoms with van der Waals surface area (Å²) in [4.78, 5) is 21.5. The molecule has 1 aromatic rings. The van der Waals surface area contributed by atoms with Crippen LogP contribution in [0.5, 0.6) is 0 Å². The second kappa shape index (κ2) is 5.73. The fourth-order valence-electron chi connectivity index (χ4n) is 2.88. The quantitative estimate of drug-likeness (QED) is 0.716. The number of hydrogen-bond donors (Lipinski definition) is 1. The molecule has 6 nitrogen and oxygen atoms in total. The standard InChI is InChI=1S/C15H11N3O.C5H10O2/c1-15(2)9-5-8(3-4-10(9)17-14(15)19)11-6-12-13(7-16)18(11)12;1-5(2,3)7-4-6/h3-6H,1-2H3,(H,17,19);4H,1-3H3. The highest BCUT2D eigenvalue weighted by Crippen LogP contribution is 2.45. The molecule has 0 radical (unpaired) electrons. The van der Waals surface area contributed by atoms with E-state index in [1.807, 2.05) is 63.5 Å². The Hall–Kier alpha value is -3.07. The van der Waals surface area contributed by atoms with Gasteiger partial charge < -0.3 is 10.1 Å². The molecule has 0 aromatic heterocycles. The van der Waals surface area contributed by atoms with Crippen LogP contribution >= 0.6 is 0 Å². The van der Waals surface area contributed by atoms with E-state index in [-0.39, 0.29) is 11.5 Å². The highest BCUT2D eigenvalue weighted by molar-refractivity contribution is 6.06. The molecule has 1 aromatic carbocycles. The van der Waals surface area contributed by atoms with Gasteiger partial charge in [-0.2, -0.15) is 5.26 Å². The Balaban J connectivity index is 0.000000242. The van der Waals surface area contributed by atoms with Crippen LogP contribution in [0.4, 0.5) is 5.69 Å². The minimum Gasteiger partial charge on any atom is -0.462 e. The molecular weight excluding hydrogens is 330 g/mol. The maximum absolute atomic E-state index is 11.9. The van der Waals surface area contributed by atoms with Crippen molar-refractivity contribution >= 4 is 18.1 Å². The molecule has 1 N–H and O–H groups in total. The third-order valence-corrected chi connectivity index (χ3v) is 4.48. The number of nitrogens with zero attached hydrogens (tertiary/aromatic N) is 2. The van der Waals surface area contributed by atoms with Gasteiger partial charge in [0, 0.05) is 5.69 Å². The molecule has 0 spiro atoms. The number of benzene rings is 1. The van der Waals surface area contributed by atoms with Crippen LogP contribution in [-0.2, 0) is 19.7 Å². The van der Waals surface area contributed by atoms with Gasteiger partial charge in [-0.25, -0.2) is 0 Å². The van der Waals surface area contributed by atoms with Crippen LogP contribution in [0.15, 0.2) is 24.3 Å². The largest absolute Gasteiger partial charge is 0.462 e. The Bertz CT molecular complexity index is 956. The maximum atomic E-state index is 11.9. The molecule has 0 unspecified atom stereocenters. The summed E-state index contributed by atoms with van der Waals surface area (Å²) in [5.74, 6) is 0.0329. The predicted octanol–water partition coefficient (Wildman–Crippen LogP) is 3.52. The van der Waals surface area contributed by atoms with Gasteiger partial charge in [0.1, 0.15) is 17.4 Å². The molecule has 0 fully saturated rings. The molecule has 0 saturated heterocycles. The molecule has 0 bridgehead atoms. The summed E-state index contributed by atoms with van der Waals surface area (Å²) in [6.07, 6.45) is 0. The molecule has 0 aliphatic carbocycles. The summed E-state index contributed by atoms with van der Waals surface area (Å²) in [5.41, 5.74) is 4.95. The molecule has 3 heterocycles. The lowest BCUT2D eigenvalue weighted by Gasteiger charge is -2.16. The van der Waals surface area contributed by atoms with Crippen molar-refractivity contribution < 1.29 is 14.3 Å². The lowest BCUT2D eigenvalue weighted by molar-refractivity contribution is -0.138. The number of rotatable bonds is 2. The third-order valence-electron chi connectivity index (χ3n) is 4.48. The van der Waals surface area contributed by atoms with Crippen molar-refractivity contribution in [1.29, 1.82) is 5.26 Å². The van der Waals surface area contributed by atoms with Crippen LogP contribution < -0.4 is 5.32 Å². The SMILES string of the molecule is CC(C)(C)OC=O.CC1(C)C(=O)Nc2ccc(-c3cc4c(C#N)n3-4)cc21. The van der Waals surface area contributed by atoms with E-state index in [4.69, 9.17) is 5.26 Å². The Morgan fingerprint density at radius 2 is 1.96 bits per heavy atom. The van der Waals surface area contributed by atoms with Gasteiger partial charge in [-0.05, 0) is 63.9 Å². The van der Waals surface area contributed by atoms with Crippen molar-refractivity contribution in [2.45, 2.75) is 45.6 Å². The first-order chi connectivity index (χ1) is 12.1. The lowest BCUT2D eigenvalue weighted by Crippen LogP contribution is -2.26. The van der Waals surface area contributed by atoms with E-state index in [2.05, 4.69) is 16.1 Å². The Morgan fingerprint density at radius 3 is 2.46 bits per heavy atom. The van der Waals surface area contributed by atoms with Gasteiger partial charge in [-0.3, -0.25) is 14.2 Å². The molecule has 3 aliphatic rings. The van der Waals surface area contributed by atoms with E-state index < -0.39 is 5.41 Å². The number of nitriles is 1.